The van der Waals surface area contributed by atoms with Crippen LogP contribution in [0.15, 0.2) is 4.99 Å². The van der Waals surface area contributed by atoms with Gasteiger partial charge in [-0.2, -0.15) is 0 Å². The van der Waals surface area contributed by atoms with Crippen molar-refractivity contribution in [1.82, 2.24) is 5.32 Å². The van der Waals surface area contributed by atoms with E-state index in [0.29, 0.717) is 6.04 Å². The van der Waals surface area contributed by atoms with Crippen LogP contribution >= 0.6 is 0 Å². The highest BCUT2D eigenvalue weighted by atomic mass is 19.4. The molecule has 0 radical (unpaired) electrons. The summed E-state index contributed by atoms with van der Waals surface area (Å²) in [5.41, 5.74) is 5.51. The molecule has 0 unspecified atom stereocenters. The van der Waals surface area contributed by atoms with Gasteiger partial charge in [0.05, 0.1) is 13.2 Å². The molecule has 0 aromatic rings. The van der Waals surface area contributed by atoms with Crippen molar-refractivity contribution in [2.75, 3.05) is 13.2 Å². The van der Waals surface area contributed by atoms with E-state index in [-0.39, 0.29) is 12.5 Å². The van der Waals surface area contributed by atoms with Crippen LogP contribution in [0.2, 0.25) is 0 Å². The third-order valence-electron chi connectivity index (χ3n) is 2.35. The van der Waals surface area contributed by atoms with E-state index < -0.39 is 13.0 Å². The quantitative estimate of drug-likeness (QED) is 0.442. The van der Waals surface area contributed by atoms with Crippen LogP contribution in [-0.2, 0) is 4.74 Å². The van der Waals surface area contributed by atoms with Crippen LogP contribution in [0.1, 0.15) is 25.7 Å². The van der Waals surface area contributed by atoms with Gasteiger partial charge in [-0.1, -0.05) is 12.8 Å². The first kappa shape index (κ1) is 13.1. The predicted molar refractivity (Wildman–Crippen MR) is 53.9 cm³/mol. The fraction of sp³-hybridized carbons (Fsp3) is 0.889. The van der Waals surface area contributed by atoms with Crippen LogP contribution in [0.4, 0.5) is 13.2 Å². The lowest BCUT2D eigenvalue weighted by molar-refractivity contribution is -0.323. The Kier molecular flexibility index (Phi) is 4.85. The molecule has 0 spiro atoms. The van der Waals surface area contributed by atoms with Crippen molar-refractivity contribution >= 4 is 5.96 Å². The van der Waals surface area contributed by atoms with Gasteiger partial charge in [-0.15, -0.1) is 13.2 Å². The molecule has 0 bridgehead atoms. The molecule has 1 rings (SSSR count). The zero-order chi connectivity index (χ0) is 12.0. The van der Waals surface area contributed by atoms with Gasteiger partial charge in [0.15, 0.2) is 5.96 Å². The maximum absolute atomic E-state index is 11.6. The number of ether oxygens (including phenoxy) is 1. The van der Waals surface area contributed by atoms with E-state index in [0.717, 1.165) is 25.7 Å². The van der Waals surface area contributed by atoms with Crippen LogP contribution in [0.5, 0.6) is 0 Å². The average molecular weight is 239 g/mol. The SMILES string of the molecule is NC(=NCCOC(F)(F)F)NC1CCCC1. The van der Waals surface area contributed by atoms with Crippen LogP contribution < -0.4 is 11.1 Å². The van der Waals surface area contributed by atoms with Crippen molar-refractivity contribution in [3.05, 3.63) is 0 Å². The number of nitrogens with two attached hydrogens (primary N) is 1. The molecule has 16 heavy (non-hydrogen) atoms. The first-order valence-electron chi connectivity index (χ1n) is 5.24. The summed E-state index contributed by atoms with van der Waals surface area (Å²) in [7, 11) is 0. The first-order valence-corrected chi connectivity index (χ1v) is 5.24. The first-order chi connectivity index (χ1) is 7.47. The van der Waals surface area contributed by atoms with E-state index in [1.54, 1.807) is 0 Å². The number of hydrogen-bond acceptors (Lipinski definition) is 2. The molecule has 0 aliphatic heterocycles. The molecule has 0 heterocycles. The summed E-state index contributed by atoms with van der Waals surface area (Å²) in [6.07, 6.45) is -0.210. The Morgan fingerprint density at radius 3 is 2.56 bits per heavy atom. The molecule has 7 heteroatoms. The van der Waals surface area contributed by atoms with Gasteiger partial charge < -0.3 is 11.1 Å². The summed E-state index contributed by atoms with van der Waals surface area (Å²) in [5, 5.41) is 2.97. The van der Waals surface area contributed by atoms with Gasteiger partial charge in [0.2, 0.25) is 0 Å². The Morgan fingerprint density at radius 1 is 1.38 bits per heavy atom. The maximum atomic E-state index is 11.6. The molecule has 0 aromatic carbocycles. The molecule has 94 valence electrons. The van der Waals surface area contributed by atoms with Crippen molar-refractivity contribution in [2.24, 2.45) is 10.7 Å². The summed E-state index contributed by atoms with van der Waals surface area (Å²) in [5.74, 6) is 0.192. The molecule has 1 fully saturated rings. The summed E-state index contributed by atoms with van der Waals surface area (Å²) in [4.78, 5) is 3.75. The second-order valence-electron chi connectivity index (χ2n) is 3.69. The predicted octanol–water partition coefficient (Wildman–Crippen LogP) is 1.37. The van der Waals surface area contributed by atoms with Gasteiger partial charge in [0.1, 0.15) is 0 Å². The van der Waals surface area contributed by atoms with Gasteiger partial charge in [-0.25, -0.2) is 0 Å². The Labute approximate surface area is 92.0 Å². The summed E-state index contributed by atoms with van der Waals surface area (Å²) in [6, 6.07) is 0.312. The molecular weight excluding hydrogens is 223 g/mol. The molecule has 1 aliphatic carbocycles. The van der Waals surface area contributed by atoms with Crippen molar-refractivity contribution in [3.63, 3.8) is 0 Å². The molecule has 0 aromatic heterocycles. The van der Waals surface area contributed by atoms with Crippen LogP contribution in [0, 0.1) is 0 Å². The third-order valence-corrected chi connectivity index (χ3v) is 2.35. The van der Waals surface area contributed by atoms with Crippen molar-refractivity contribution in [3.8, 4) is 0 Å². The van der Waals surface area contributed by atoms with Gasteiger partial charge in [0, 0.05) is 6.04 Å². The third kappa shape index (κ3) is 5.79. The summed E-state index contributed by atoms with van der Waals surface area (Å²) in [6.45, 7) is -0.596. The number of nitrogens with one attached hydrogen (secondary N) is 1. The molecular formula is C9H16F3N3O. The Bertz CT molecular complexity index is 237. The lowest BCUT2D eigenvalue weighted by Gasteiger charge is -2.12. The smallest absolute Gasteiger partial charge is 0.370 e. The number of rotatable bonds is 4. The van der Waals surface area contributed by atoms with Crippen LogP contribution in [0.3, 0.4) is 0 Å². The largest absolute Gasteiger partial charge is 0.522 e. The Morgan fingerprint density at radius 2 is 2.00 bits per heavy atom. The highest BCUT2D eigenvalue weighted by Gasteiger charge is 2.28. The maximum Gasteiger partial charge on any atom is 0.522 e. The molecule has 0 atom stereocenters. The minimum absolute atomic E-state index is 0.0922. The lowest BCUT2D eigenvalue weighted by Crippen LogP contribution is -2.38. The number of guanidine groups is 1. The Balaban J connectivity index is 2.13. The summed E-state index contributed by atoms with van der Waals surface area (Å²) < 4.78 is 38.3. The minimum Gasteiger partial charge on any atom is -0.370 e. The average Bonchev–Trinajstić information content (AvgIpc) is 2.63. The van der Waals surface area contributed by atoms with Gasteiger partial charge in [-0.05, 0) is 12.8 Å². The van der Waals surface area contributed by atoms with Gasteiger partial charge in [-0.3, -0.25) is 9.73 Å². The molecule has 4 nitrogen and oxygen atoms in total. The van der Waals surface area contributed by atoms with E-state index in [9.17, 15) is 13.2 Å². The zero-order valence-electron chi connectivity index (χ0n) is 8.89. The standard InChI is InChI=1S/C9H16F3N3O/c10-9(11,12)16-6-5-14-8(13)15-7-3-1-2-4-7/h7H,1-6H2,(H3,13,14,15). The van der Waals surface area contributed by atoms with Crippen molar-refractivity contribution in [1.29, 1.82) is 0 Å². The lowest BCUT2D eigenvalue weighted by atomic mass is 10.2. The van der Waals surface area contributed by atoms with Gasteiger partial charge in [0.25, 0.3) is 0 Å². The van der Waals surface area contributed by atoms with E-state index >= 15 is 0 Å². The van der Waals surface area contributed by atoms with E-state index in [4.69, 9.17) is 5.73 Å². The number of halogens is 3. The monoisotopic (exact) mass is 239 g/mol. The molecule has 0 amide bonds. The number of nitrogens with zero attached hydrogens (tertiary/aromatic N) is 1. The molecule has 1 aliphatic rings. The topological polar surface area (TPSA) is 59.6 Å². The zero-order valence-corrected chi connectivity index (χ0v) is 8.89. The second-order valence-corrected chi connectivity index (χ2v) is 3.69. The number of aliphatic imine (C=N–C) groups is 1. The van der Waals surface area contributed by atoms with Crippen molar-refractivity contribution < 1.29 is 17.9 Å². The fourth-order valence-corrected chi connectivity index (χ4v) is 1.65. The number of alkyl halides is 3. The molecule has 3 N–H and O–H groups in total. The van der Waals surface area contributed by atoms with Crippen LogP contribution in [0.25, 0.3) is 0 Å². The molecule has 1 saturated carbocycles. The Hall–Kier alpha value is -0.980. The minimum atomic E-state index is -4.59. The number of hydrogen-bond donors (Lipinski definition) is 2. The fourth-order valence-electron chi connectivity index (χ4n) is 1.65. The molecule has 0 saturated heterocycles. The highest BCUT2D eigenvalue weighted by molar-refractivity contribution is 5.78. The normalized spacial score (nSPS) is 19.1. The van der Waals surface area contributed by atoms with E-state index in [1.165, 1.54) is 0 Å². The van der Waals surface area contributed by atoms with Gasteiger partial charge >= 0.3 is 6.36 Å². The van der Waals surface area contributed by atoms with Crippen LogP contribution in [-0.4, -0.2) is 31.5 Å². The second kappa shape index (κ2) is 5.93. The highest BCUT2D eigenvalue weighted by Crippen LogP contribution is 2.17. The summed E-state index contributed by atoms with van der Waals surface area (Å²) >= 11 is 0. The van der Waals surface area contributed by atoms with E-state index in [1.807, 2.05) is 0 Å². The van der Waals surface area contributed by atoms with E-state index in [2.05, 4.69) is 15.0 Å². The van der Waals surface area contributed by atoms with Crippen molar-refractivity contribution in [2.45, 2.75) is 38.1 Å².